The van der Waals surface area contributed by atoms with Crippen molar-refractivity contribution in [2.45, 2.75) is 19.4 Å². The van der Waals surface area contributed by atoms with Gasteiger partial charge in [-0.3, -0.25) is 0 Å². The van der Waals surface area contributed by atoms with Crippen molar-refractivity contribution in [1.82, 2.24) is 10.6 Å². The van der Waals surface area contributed by atoms with Gasteiger partial charge >= 0.3 is 0 Å². The molecule has 0 aliphatic heterocycles. The van der Waals surface area contributed by atoms with Crippen LogP contribution in [0.1, 0.15) is 19.4 Å². The molecule has 0 fully saturated rings. The van der Waals surface area contributed by atoms with E-state index in [-0.39, 0.29) is 6.54 Å². The molecule has 0 saturated carbocycles. The van der Waals surface area contributed by atoms with E-state index in [9.17, 15) is 5.11 Å². The molecule has 0 radical (unpaired) electrons. The number of rotatable bonds is 5. The summed E-state index contributed by atoms with van der Waals surface area (Å²) in [6.45, 7) is 5.12. The SMILES string of the molecule is C#CCNC(=NCC(C)(O)c1ccccc1)NCC. The van der Waals surface area contributed by atoms with E-state index in [2.05, 4.69) is 21.5 Å². The Morgan fingerprint density at radius 3 is 2.63 bits per heavy atom. The first-order valence-corrected chi connectivity index (χ1v) is 6.33. The van der Waals surface area contributed by atoms with Crippen molar-refractivity contribution in [3.05, 3.63) is 35.9 Å². The monoisotopic (exact) mass is 259 g/mol. The number of aliphatic hydroxyl groups is 1. The molecule has 0 spiro atoms. The van der Waals surface area contributed by atoms with Crippen LogP contribution in [0.15, 0.2) is 35.3 Å². The molecule has 3 N–H and O–H groups in total. The molecule has 1 unspecified atom stereocenters. The van der Waals surface area contributed by atoms with Crippen molar-refractivity contribution in [3.63, 3.8) is 0 Å². The minimum atomic E-state index is -1.00. The highest BCUT2D eigenvalue weighted by Crippen LogP contribution is 2.20. The molecular weight excluding hydrogens is 238 g/mol. The molecule has 0 saturated heterocycles. The van der Waals surface area contributed by atoms with E-state index in [1.807, 2.05) is 37.3 Å². The van der Waals surface area contributed by atoms with E-state index in [1.165, 1.54) is 0 Å². The molecule has 0 heterocycles. The van der Waals surface area contributed by atoms with Gasteiger partial charge in [0.05, 0.1) is 13.1 Å². The molecule has 0 aromatic heterocycles. The summed E-state index contributed by atoms with van der Waals surface area (Å²) >= 11 is 0. The average molecular weight is 259 g/mol. The summed E-state index contributed by atoms with van der Waals surface area (Å²) < 4.78 is 0. The maximum absolute atomic E-state index is 10.4. The normalized spacial score (nSPS) is 14.3. The molecule has 0 amide bonds. The van der Waals surface area contributed by atoms with Crippen molar-refractivity contribution in [3.8, 4) is 12.3 Å². The third kappa shape index (κ3) is 5.02. The molecular formula is C15H21N3O. The predicted octanol–water partition coefficient (Wildman–Crippen LogP) is 1.08. The minimum absolute atomic E-state index is 0.261. The van der Waals surface area contributed by atoms with Crippen LogP contribution in [-0.4, -0.2) is 30.7 Å². The lowest BCUT2D eigenvalue weighted by atomic mass is 9.96. The van der Waals surface area contributed by atoms with Gasteiger partial charge in [-0.25, -0.2) is 4.99 Å². The first-order valence-electron chi connectivity index (χ1n) is 6.33. The Morgan fingerprint density at radius 1 is 1.37 bits per heavy atom. The first-order chi connectivity index (χ1) is 9.10. The predicted molar refractivity (Wildman–Crippen MR) is 78.8 cm³/mol. The van der Waals surface area contributed by atoms with E-state index in [0.717, 1.165) is 12.1 Å². The molecule has 1 atom stereocenters. The molecule has 4 heteroatoms. The van der Waals surface area contributed by atoms with Gasteiger partial charge in [0.2, 0.25) is 0 Å². The molecule has 19 heavy (non-hydrogen) atoms. The number of terminal acetylenes is 1. The van der Waals surface area contributed by atoms with Crippen molar-refractivity contribution in [1.29, 1.82) is 0 Å². The highest BCUT2D eigenvalue weighted by molar-refractivity contribution is 5.80. The Bertz CT molecular complexity index is 446. The molecule has 0 aliphatic carbocycles. The van der Waals surface area contributed by atoms with Gasteiger partial charge in [0.25, 0.3) is 0 Å². The third-order valence-corrected chi connectivity index (χ3v) is 2.64. The summed E-state index contributed by atoms with van der Waals surface area (Å²) in [4.78, 5) is 4.35. The Hall–Kier alpha value is -1.99. The summed E-state index contributed by atoms with van der Waals surface area (Å²) in [6, 6.07) is 9.49. The van der Waals surface area contributed by atoms with Gasteiger partial charge in [-0.15, -0.1) is 6.42 Å². The van der Waals surface area contributed by atoms with Crippen molar-refractivity contribution >= 4 is 5.96 Å². The van der Waals surface area contributed by atoms with Gasteiger partial charge in [-0.05, 0) is 19.4 Å². The van der Waals surface area contributed by atoms with Crippen LogP contribution in [0, 0.1) is 12.3 Å². The fourth-order valence-corrected chi connectivity index (χ4v) is 1.60. The van der Waals surface area contributed by atoms with E-state index < -0.39 is 5.60 Å². The van der Waals surface area contributed by atoms with Gasteiger partial charge < -0.3 is 15.7 Å². The van der Waals surface area contributed by atoms with Gasteiger partial charge in [0.1, 0.15) is 5.60 Å². The number of aliphatic imine (C=N–C) groups is 1. The number of hydrogen-bond acceptors (Lipinski definition) is 2. The van der Waals surface area contributed by atoms with Crippen LogP contribution in [0.3, 0.4) is 0 Å². The lowest BCUT2D eigenvalue weighted by Gasteiger charge is -2.22. The van der Waals surface area contributed by atoms with Gasteiger partial charge in [-0.1, -0.05) is 36.3 Å². The number of benzene rings is 1. The van der Waals surface area contributed by atoms with Crippen molar-refractivity contribution in [2.75, 3.05) is 19.6 Å². The van der Waals surface area contributed by atoms with E-state index in [0.29, 0.717) is 12.5 Å². The van der Waals surface area contributed by atoms with E-state index in [4.69, 9.17) is 6.42 Å². The summed E-state index contributed by atoms with van der Waals surface area (Å²) in [5, 5.41) is 16.5. The first kappa shape index (κ1) is 15.1. The highest BCUT2D eigenvalue weighted by atomic mass is 16.3. The Balaban J connectivity index is 2.73. The molecule has 1 aromatic carbocycles. The van der Waals surface area contributed by atoms with Crippen molar-refractivity contribution < 1.29 is 5.11 Å². The maximum Gasteiger partial charge on any atom is 0.192 e. The number of guanidine groups is 1. The quantitative estimate of drug-likeness (QED) is 0.421. The van der Waals surface area contributed by atoms with Crippen LogP contribution in [-0.2, 0) is 5.60 Å². The van der Waals surface area contributed by atoms with Crippen LogP contribution in [0.4, 0.5) is 0 Å². The lowest BCUT2D eigenvalue weighted by molar-refractivity contribution is 0.0672. The van der Waals surface area contributed by atoms with Crippen LogP contribution >= 0.6 is 0 Å². The maximum atomic E-state index is 10.4. The topological polar surface area (TPSA) is 56.7 Å². The van der Waals surface area contributed by atoms with Crippen LogP contribution in [0.2, 0.25) is 0 Å². The van der Waals surface area contributed by atoms with Gasteiger partial charge in [0.15, 0.2) is 5.96 Å². The zero-order valence-electron chi connectivity index (χ0n) is 11.5. The zero-order valence-corrected chi connectivity index (χ0v) is 11.5. The number of nitrogens with one attached hydrogen (secondary N) is 2. The van der Waals surface area contributed by atoms with E-state index >= 15 is 0 Å². The second-order valence-electron chi connectivity index (χ2n) is 4.39. The number of hydrogen-bond donors (Lipinski definition) is 3. The second-order valence-corrected chi connectivity index (χ2v) is 4.39. The standard InChI is InChI=1S/C15H21N3O/c1-4-11-17-14(16-5-2)18-12-15(3,19)13-9-7-6-8-10-13/h1,6-10,19H,5,11-12H2,2-3H3,(H2,16,17,18). The average Bonchev–Trinajstić information content (AvgIpc) is 2.43. The molecule has 4 nitrogen and oxygen atoms in total. The molecule has 1 aromatic rings. The van der Waals surface area contributed by atoms with Crippen molar-refractivity contribution in [2.24, 2.45) is 4.99 Å². The molecule has 1 rings (SSSR count). The Morgan fingerprint density at radius 2 is 2.05 bits per heavy atom. The fourth-order valence-electron chi connectivity index (χ4n) is 1.60. The largest absolute Gasteiger partial charge is 0.384 e. The van der Waals surface area contributed by atoms with Crippen LogP contribution < -0.4 is 10.6 Å². The Labute approximate surface area is 115 Å². The van der Waals surface area contributed by atoms with Crippen LogP contribution in [0.5, 0.6) is 0 Å². The summed E-state index contributed by atoms with van der Waals surface area (Å²) in [6.07, 6.45) is 5.20. The molecule has 0 bridgehead atoms. The Kier molecular flexibility index (Phi) is 5.91. The van der Waals surface area contributed by atoms with Gasteiger partial charge in [-0.2, -0.15) is 0 Å². The fraction of sp³-hybridized carbons (Fsp3) is 0.400. The minimum Gasteiger partial charge on any atom is -0.384 e. The zero-order chi connectivity index (χ0) is 14.1. The summed E-state index contributed by atoms with van der Waals surface area (Å²) in [5.41, 5.74) is -0.161. The summed E-state index contributed by atoms with van der Waals surface area (Å²) in [7, 11) is 0. The smallest absolute Gasteiger partial charge is 0.192 e. The number of nitrogens with zero attached hydrogens (tertiary/aromatic N) is 1. The molecule has 0 aliphatic rings. The van der Waals surface area contributed by atoms with Crippen LogP contribution in [0.25, 0.3) is 0 Å². The van der Waals surface area contributed by atoms with E-state index in [1.54, 1.807) is 6.92 Å². The lowest BCUT2D eigenvalue weighted by Crippen LogP contribution is -2.39. The second kappa shape index (κ2) is 7.45. The van der Waals surface area contributed by atoms with Gasteiger partial charge in [0, 0.05) is 6.54 Å². The molecule has 102 valence electrons. The third-order valence-electron chi connectivity index (χ3n) is 2.64. The highest BCUT2D eigenvalue weighted by Gasteiger charge is 2.22. The summed E-state index contributed by atoms with van der Waals surface area (Å²) in [5.74, 6) is 3.10.